The maximum atomic E-state index is 8.80. The molecule has 0 saturated heterocycles. The third-order valence-electron chi connectivity index (χ3n) is 1.07. The molecule has 0 aliphatic carbocycles. The number of benzene rings is 1. The summed E-state index contributed by atoms with van der Waals surface area (Å²) in [5.74, 6) is 1.02. The highest BCUT2D eigenvalue weighted by Gasteiger charge is 1.87. The Morgan fingerprint density at radius 3 is 1.91 bits per heavy atom. The first-order chi connectivity index (χ1) is 5.33. The lowest BCUT2D eigenvalue weighted by Crippen LogP contribution is -1.79. The van der Waals surface area contributed by atoms with Gasteiger partial charge in [0.1, 0.15) is 11.5 Å². The van der Waals surface area contributed by atoms with Crippen LogP contribution < -0.4 is 4.74 Å². The average molecular weight is 154 g/mol. The normalized spacial score (nSPS) is 7.91. The average Bonchev–Trinajstić information content (AvgIpc) is 2.10. The summed E-state index contributed by atoms with van der Waals surface area (Å²) in [4.78, 5) is 0. The molecule has 2 heteroatoms. The van der Waals surface area contributed by atoms with E-state index in [0.717, 1.165) is 5.75 Å². The minimum atomic E-state index is 0.260. The van der Waals surface area contributed by atoms with Gasteiger partial charge in [0.25, 0.3) is 0 Å². The third-order valence-corrected chi connectivity index (χ3v) is 1.07. The maximum absolute atomic E-state index is 8.80. The molecule has 1 aromatic rings. The molecule has 0 atom stereocenters. The SMILES string of the molecule is CC.COc1ccc(O)cc1. The summed E-state index contributed by atoms with van der Waals surface area (Å²) in [5.41, 5.74) is 0. The van der Waals surface area contributed by atoms with E-state index in [1.807, 2.05) is 13.8 Å². The molecule has 0 bridgehead atoms. The molecule has 0 aliphatic heterocycles. The molecular weight excluding hydrogens is 140 g/mol. The lowest BCUT2D eigenvalue weighted by molar-refractivity contribution is 0.412. The van der Waals surface area contributed by atoms with Crippen LogP contribution in [0.1, 0.15) is 13.8 Å². The van der Waals surface area contributed by atoms with Gasteiger partial charge >= 0.3 is 0 Å². The van der Waals surface area contributed by atoms with Crippen molar-refractivity contribution in [2.45, 2.75) is 13.8 Å². The largest absolute Gasteiger partial charge is 0.508 e. The number of hydrogen-bond donors (Lipinski definition) is 1. The van der Waals surface area contributed by atoms with E-state index in [9.17, 15) is 0 Å². The Morgan fingerprint density at radius 2 is 1.55 bits per heavy atom. The number of phenols is 1. The number of rotatable bonds is 1. The van der Waals surface area contributed by atoms with Crippen molar-refractivity contribution >= 4 is 0 Å². The van der Waals surface area contributed by atoms with Crippen LogP contribution in [0.3, 0.4) is 0 Å². The van der Waals surface area contributed by atoms with Gasteiger partial charge in [-0.3, -0.25) is 0 Å². The molecule has 0 aromatic heterocycles. The van der Waals surface area contributed by atoms with Gasteiger partial charge in [0.05, 0.1) is 7.11 Å². The Bertz CT molecular complexity index is 179. The van der Waals surface area contributed by atoms with Gasteiger partial charge in [0.15, 0.2) is 0 Å². The summed E-state index contributed by atoms with van der Waals surface area (Å²) >= 11 is 0. The molecule has 1 rings (SSSR count). The molecular formula is C9H14O2. The second kappa shape index (κ2) is 5.59. The van der Waals surface area contributed by atoms with Crippen LogP contribution in [-0.4, -0.2) is 12.2 Å². The molecule has 0 radical (unpaired) electrons. The zero-order valence-corrected chi connectivity index (χ0v) is 7.16. The van der Waals surface area contributed by atoms with E-state index < -0.39 is 0 Å². The molecule has 2 nitrogen and oxygen atoms in total. The van der Waals surface area contributed by atoms with Gasteiger partial charge in [-0.05, 0) is 24.3 Å². The summed E-state index contributed by atoms with van der Waals surface area (Å²) in [6.45, 7) is 4.00. The van der Waals surface area contributed by atoms with Crippen molar-refractivity contribution in [1.82, 2.24) is 0 Å². The summed E-state index contributed by atoms with van der Waals surface area (Å²) < 4.78 is 4.86. The fourth-order valence-electron chi connectivity index (χ4n) is 0.582. The van der Waals surface area contributed by atoms with Gasteiger partial charge in [0, 0.05) is 0 Å². The van der Waals surface area contributed by atoms with Crippen LogP contribution in [0.2, 0.25) is 0 Å². The van der Waals surface area contributed by atoms with Crippen LogP contribution in [0, 0.1) is 0 Å². The van der Waals surface area contributed by atoms with Gasteiger partial charge < -0.3 is 9.84 Å². The molecule has 11 heavy (non-hydrogen) atoms. The fourth-order valence-corrected chi connectivity index (χ4v) is 0.582. The van der Waals surface area contributed by atoms with Crippen molar-refractivity contribution in [3.63, 3.8) is 0 Å². The van der Waals surface area contributed by atoms with E-state index in [1.54, 1.807) is 31.4 Å². The van der Waals surface area contributed by atoms with Gasteiger partial charge in [-0.2, -0.15) is 0 Å². The van der Waals surface area contributed by atoms with Crippen molar-refractivity contribution in [3.05, 3.63) is 24.3 Å². The lowest BCUT2D eigenvalue weighted by atomic mass is 10.3. The molecule has 62 valence electrons. The van der Waals surface area contributed by atoms with Crippen LogP contribution in [0.4, 0.5) is 0 Å². The third kappa shape index (κ3) is 3.50. The molecule has 1 N–H and O–H groups in total. The highest BCUT2D eigenvalue weighted by molar-refractivity contribution is 5.29. The van der Waals surface area contributed by atoms with E-state index in [1.165, 1.54) is 0 Å². The molecule has 0 heterocycles. The van der Waals surface area contributed by atoms with E-state index in [0.29, 0.717) is 0 Å². The quantitative estimate of drug-likeness (QED) is 0.673. The van der Waals surface area contributed by atoms with Crippen LogP contribution in [0.25, 0.3) is 0 Å². The van der Waals surface area contributed by atoms with Crippen molar-refractivity contribution in [1.29, 1.82) is 0 Å². The van der Waals surface area contributed by atoms with Gasteiger partial charge in [-0.1, -0.05) is 13.8 Å². The van der Waals surface area contributed by atoms with Gasteiger partial charge in [-0.25, -0.2) is 0 Å². The standard InChI is InChI=1S/C7H8O2.C2H6/c1-9-7-4-2-6(8)3-5-7;1-2/h2-5,8H,1H3;1-2H3. The van der Waals surface area contributed by atoms with Crippen LogP contribution >= 0.6 is 0 Å². The molecule has 1 aromatic carbocycles. The zero-order chi connectivity index (χ0) is 8.69. The Morgan fingerprint density at radius 1 is 1.09 bits per heavy atom. The minimum absolute atomic E-state index is 0.260. The van der Waals surface area contributed by atoms with E-state index in [2.05, 4.69) is 0 Å². The number of hydrogen-bond acceptors (Lipinski definition) is 2. The topological polar surface area (TPSA) is 29.5 Å². The maximum Gasteiger partial charge on any atom is 0.119 e. The number of phenolic OH excluding ortho intramolecular Hbond substituents is 1. The summed E-state index contributed by atoms with van der Waals surface area (Å²) in [6, 6.07) is 6.57. The molecule has 0 unspecified atom stereocenters. The zero-order valence-electron chi connectivity index (χ0n) is 7.16. The van der Waals surface area contributed by atoms with Crippen LogP contribution in [0.5, 0.6) is 11.5 Å². The number of methoxy groups -OCH3 is 1. The first-order valence-electron chi connectivity index (χ1n) is 3.66. The van der Waals surface area contributed by atoms with Gasteiger partial charge in [-0.15, -0.1) is 0 Å². The van der Waals surface area contributed by atoms with Crippen molar-refractivity contribution < 1.29 is 9.84 Å². The van der Waals surface area contributed by atoms with E-state index >= 15 is 0 Å². The second-order valence-corrected chi connectivity index (χ2v) is 1.70. The second-order valence-electron chi connectivity index (χ2n) is 1.70. The van der Waals surface area contributed by atoms with Crippen LogP contribution in [-0.2, 0) is 0 Å². The molecule has 0 amide bonds. The van der Waals surface area contributed by atoms with E-state index in [-0.39, 0.29) is 5.75 Å². The highest BCUT2D eigenvalue weighted by atomic mass is 16.5. The molecule has 0 aliphatic rings. The molecule has 0 saturated carbocycles. The highest BCUT2D eigenvalue weighted by Crippen LogP contribution is 2.14. The fraction of sp³-hybridized carbons (Fsp3) is 0.333. The van der Waals surface area contributed by atoms with Crippen molar-refractivity contribution in [2.75, 3.05) is 7.11 Å². The Balaban J connectivity index is 0.000000461. The first-order valence-corrected chi connectivity index (χ1v) is 3.66. The first kappa shape index (κ1) is 9.82. The Kier molecular flexibility index (Phi) is 4.99. The predicted molar refractivity (Wildman–Crippen MR) is 46.0 cm³/mol. The smallest absolute Gasteiger partial charge is 0.119 e. The summed E-state index contributed by atoms with van der Waals surface area (Å²) in [7, 11) is 1.59. The lowest BCUT2D eigenvalue weighted by Gasteiger charge is -1.96. The van der Waals surface area contributed by atoms with Crippen molar-refractivity contribution in [3.8, 4) is 11.5 Å². The molecule has 0 spiro atoms. The van der Waals surface area contributed by atoms with Crippen molar-refractivity contribution in [2.24, 2.45) is 0 Å². The Labute approximate surface area is 67.4 Å². The van der Waals surface area contributed by atoms with E-state index in [4.69, 9.17) is 9.84 Å². The summed E-state index contributed by atoms with van der Waals surface area (Å²) in [5, 5.41) is 8.80. The minimum Gasteiger partial charge on any atom is -0.508 e. The monoisotopic (exact) mass is 154 g/mol. The number of aromatic hydroxyl groups is 1. The predicted octanol–water partition coefficient (Wildman–Crippen LogP) is 2.43. The van der Waals surface area contributed by atoms with Gasteiger partial charge in [0.2, 0.25) is 0 Å². The molecule has 0 fully saturated rings. The van der Waals surface area contributed by atoms with Crippen LogP contribution in [0.15, 0.2) is 24.3 Å². The number of ether oxygens (including phenoxy) is 1. The Hall–Kier alpha value is -1.18. The summed E-state index contributed by atoms with van der Waals surface area (Å²) in [6.07, 6.45) is 0.